The molecule has 0 bridgehead atoms. The molecule has 6 aromatic rings. The van der Waals surface area contributed by atoms with Crippen molar-refractivity contribution in [2.45, 2.75) is 0 Å². The third kappa shape index (κ3) is 4.39. The first-order valence-electron chi connectivity index (χ1n) is 11.1. The van der Waals surface area contributed by atoms with Crippen LogP contribution in [0.5, 0.6) is 17.2 Å². The van der Waals surface area contributed by atoms with Gasteiger partial charge in [-0.05, 0) is 68.7 Å². The highest BCUT2D eigenvalue weighted by atomic mass is 31.2. The third-order valence-electron chi connectivity index (χ3n) is 5.70. The van der Waals surface area contributed by atoms with Crippen molar-refractivity contribution in [1.82, 2.24) is 0 Å². The van der Waals surface area contributed by atoms with Crippen LogP contribution >= 0.6 is 8.60 Å². The molecule has 34 heavy (non-hydrogen) atoms. The molecule has 0 fully saturated rings. The summed E-state index contributed by atoms with van der Waals surface area (Å²) in [6.07, 6.45) is 0. The van der Waals surface area contributed by atoms with E-state index in [0.29, 0.717) is 17.2 Å². The van der Waals surface area contributed by atoms with Crippen LogP contribution in [0, 0.1) is 0 Å². The maximum absolute atomic E-state index is 6.27. The molecule has 0 unspecified atom stereocenters. The Morgan fingerprint density at radius 1 is 0.324 bits per heavy atom. The molecule has 0 aliphatic heterocycles. The van der Waals surface area contributed by atoms with E-state index in [4.69, 9.17) is 13.6 Å². The molecule has 6 rings (SSSR count). The van der Waals surface area contributed by atoms with Gasteiger partial charge in [0.25, 0.3) is 0 Å². The van der Waals surface area contributed by atoms with E-state index in [2.05, 4.69) is 36.4 Å². The van der Waals surface area contributed by atoms with E-state index in [0.717, 1.165) is 32.3 Å². The molecular formula is C30H21O3P. The molecule has 0 N–H and O–H groups in total. The van der Waals surface area contributed by atoms with Gasteiger partial charge in [-0.25, -0.2) is 0 Å². The summed E-state index contributed by atoms with van der Waals surface area (Å²) in [6, 6.07) is 42.6. The van der Waals surface area contributed by atoms with Crippen molar-refractivity contribution in [1.29, 1.82) is 0 Å². The van der Waals surface area contributed by atoms with Gasteiger partial charge >= 0.3 is 8.60 Å². The fraction of sp³-hybridized carbons (Fsp3) is 0. The van der Waals surface area contributed by atoms with Crippen molar-refractivity contribution in [2.75, 3.05) is 0 Å². The Bertz CT molecular complexity index is 1420. The van der Waals surface area contributed by atoms with Crippen LogP contribution in [0.25, 0.3) is 32.3 Å². The van der Waals surface area contributed by atoms with Crippen LogP contribution in [-0.2, 0) is 0 Å². The first kappa shape index (κ1) is 20.5. The van der Waals surface area contributed by atoms with E-state index in [1.165, 1.54) is 0 Å². The lowest BCUT2D eigenvalue weighted by Crippen LogP contribution is -2.02. The predicted molar refractivity (Wildman–Crippen MR) is 141 cm³/mol. The molecule has 0 atom stereocenters. The highest BCUT2D eigenvalue weighted by Crippen LogP contribution is 2.43. The van der Waals surface area contributed by atoms with E-state index in [9.17, 15) is 0 Å². The molecular weight excluding hydrogens is 439 g/mol. The third-order valence-corrected chi connectivity index (χ3v) is 6.78. The van der Waals surface area contributed by atoms with Crippen molar-refractivity contribution in [3.05, 3.63) is 127 Å². The van der Waals surface area contributed by atoms with Gasteiger partial charge in [0.2, 0.25) is 0 Å². The number of hydrogen-bond acceptors (Lipinski definition) is 3. The lowest BCUT2D eigenvalue weighted by molar-refractivity contribution is 0.389. The van der Waals surface area contributed by atoms with Gasteiger partial charge in [-0.2, -0.15) is 0 Å². The van der Waals surface area contributed by atoms with E-state index >= 15 is 0 Å². The monoisotopic (exact) mass is 460 g/mol. The SMILES string of the molecule is c1ccc2cc(OP(Oc3ccc4ccccc4c3)Oc3ccc4ccccc4c3)ccc2c1. The number of rotatable bonds is 6. The Morgan fingerprint density at radius 2 is 0.618 bits per heavy atom. The zero-order valence-corrected chi connectivity index (χ0v) is 19.2. The smallest absolute Gasteiger partial charge is 0.408 e. The van der Waals surface area contributed by atoms with Crippen LogP contribution in [0.3, 0.4) is 0 Å². The number of fused-ring (bicyclic) bond motifs is 3. The number of benzene rings is 6. The standard InChI is InChI=1S/C30H21O3P/c1-4-10-25-19-28(16-13-22(25)7-1)31-34(32-29-17-14-23-8-2-5-11-26(23)20-29)33-30-18-15-24-9-3-6-12-27(24)21-30/h1-21H. The van der Waals surface area contributed by atoms with Crippen LogP contribution in [0.1, 0.15) is 0 Å². The van der Waals surface area contributed by atoms with Gasteiger partial charge in [0, 0.05) is 0 Å². The Kier molecular flexibility index (Phi) is 5.47. The van der Waals surface area contributed by atoms with Crippen molar-refractivity contribution in [3.8, 4) is 17.2 Å². The normalized spacial score (nSPS) is 11.2. The second kappa shape index (κ2) is 9.05. The molecule has 0 aliphatic rings. The largest absolute Gasteiger partial charge is 0.530 e. The number of hydrogen-bond donors (Lipinski definition) is 0. The minimum atomic E-state index is -1.76. The molecule has 0 saturated heterocycles. The first-order chi connectivity index (χ1) is 16.8. The molecule has 164 valence electrons. The molecule has 0 aromatic heterocycles. The van der Waals surface area contributed by atoms with Gasteiger partial charge in [-0.15, -0.1) is 0 Å². The summed E-state index contributed by atoms with van der Waals surface area (Å²) in [6.45, 7) is 0. The fourth-order valence-electron chi connectivity index (χ4n) is 3.99. The van der Waals surface area contributed by atoms with Crippen molar-refractivity contribution in [3.63, 3.8) is 0 Å². The molecule has 0 heterocycles. The lowest BCUT2D eigenvalue weighted by atomic mass is 10.1. The molecule has 0 radical (unpaired) electrons. The summed E-state index contributed by atoms with van der Waals surface area (Å²) in [4.78, 5) is 0. The highest BCUT2D eigenvalue weighted by Gasteiger charge is 2.20. The second-order valence-corrected chi connectivity index (χ2v) is 9.02. The van der Waals surface area contributed by atoms with Gasteiger partial charge in [0.1, 0.15) is 17.2 Å². The Hall–Kier alpha value is -4.07. The zero-order valence-electron chi connectivity index (χ0n) is 18.3. The van der Waals surface area contributed by atoms with E-state index in [1.807, 2.05) is 91.0 Å². The minimum absolute atomic E-state index is 0.700. The predicted octanol–water partition coefficient (Wildman–Crippen LogP) is 8.91. The lowest BCUT2D eigenvalue weighted by Gasteiger charge is -2.19. The quantitative estimate of drug-likeness (QED) is 0.232. The zero-order chi connectivity index (χ0) is 22.7. The summed E-state index contributed by atoms with van der Waals surface area (Å²) in [5.74, 6) is 2.10. The fourth-order valence-corrected chi connectivity index (χ4v) is 4.96. The summed E-state index contributed by atoms with van der Waals surface area (Å²) < 4.78 is 18.8. The molecule has 0 spiro atoms. The van der Waals surface area contributed by atoms with Gasteiger partial charge in [-0.1, -0.05) is 91.0 Å². The van der Waals surface area contributed by atoms with Crippen LogP contribution in [0.2, 0.25) is 0 Å². The molecule has 4 heteroatoms. The topological polar surface area (TPSA) is 27.7 Å². The average molecular weight is 460 g/mol. The van der Waals surface area contributed by atoms with Gasteiger partial charge in [0.15, 0.2) is 0 Å². The van der Waals surface area contributed by atoms with Crippen LogP contribution in [-0.4, -0.2) is 0 Å². The van der Waals surface area contributed by atoms with E-state index < -0.39 is 8.60 Å². The molecule has 0 saturated carbocycles. The Balaban J connectivity index is 1.33. The van der Waals surface area contributed by atoms with Gasteiger partial charge < -0.3 is 13.6 Å². The Morgan fingerprint density at radius 3 is 0.941 bits per heavy atom. The first-order valence-corrected chi connectivity index (χ1v) is 12.2. The second-order valence-electron chi connectivity index (χ2n) is 8.02. The maximum atomic E-state index is 6.27. The van der Waals surface area contributed by atoms with Gasteiger partial charge in [0.05, 0.1) is 0 Å². The maximum Gasteiger partial charge on any atom is 0.530 e. The molecule has 0 amide bonds. The molecule has 0 aliphatic carbocycles. The van der Waals surface area contributed by atoms with Crippen molar-refractivity contribution < 1.29 is 13.6 Å². The van der Waals surface area contributed by atoms with E-state index in [-0.39, 0.29) is 0 Å². The summed E-state index contributed by atoms with van der Waals surface area (Å²) in [7, 11) is -1.76. The Labute approximate surface area is 199 Å². The van der Waals surface area contributed by atoms with Crippen LogP contribution in [0.4, 0.5) is 0 Å². The highest BCUT2D eigenvalue weighted by molar-refractivity contribution is 7.43. The van der Waals surface area contributed by atoms with E-state index in [1.54, 1.807) is 0 Å². The summed E-state index contributed by atoms with van der Waals surface area (Å²) >= 11 is 0. The van der Waals surface area contributed by atoms with Gasteiger partial charge in [-0.3, -0.25) is 0 Å². The average Bonchev–Trinajstić information content (AvgIpc) is 2.88. The summed E-state index contributed by atoms with van der Waals surface area (Å²) in [5, 5.41) is 6.78. The van der Waals surface area contributed by atoms with Crippen molar-refractivity contribution >= 4 is 40.9 Å². The van der Waals surface area contributed by atoms with Crippen LogP contribution in [0.15, 0.2) is 127 Å². The minimum Gasteiger partial charge on any atom is -0.408 e. The molecule has 3 nitrogen and oxygen atoms in total. The molecule has 6 aromatic carbocycles. The van der Waals surface area contributed by atoms with Crippen molar-refractivity contribution in [2.24, 2.45) is 0 Å². The summed E-state index contributed by atoms with van der Waals surface area (Å²) in [5.41, 5.74) is 0. The van der Waals surface area contributed by atoms with Crippen LogP contribution < -0.4 is 13.6 Å².